The van der Waals surface area contributed by atoms with E-state index in [9.17, 15) is 10.1 Å². The van der Waals surface area contributed by atoms with Gasteiger partial charge in [0.25, 0.3) is 0 Å². The number of rotatable bonds is 3. The van der Waals surface area contributed by atoms with E-state index in [1.807, 2.05) is 6.07 Å². The Morgan fingerprint density at radius 2 is 2.12 bits per heavy atom. The van der Waals surface area contributed by atoms with Crippen molar-refractivity contribution in [2.24, 2.45) is 0 Å². The van der Waals surface area contributed by atoms with Crippen molar-refractivity contribution in [1.29, 1.82) is 0 Å². The van der Waals surface area contributed by atoms with E-state index in [-0.39, 0.29) is 10.6 Å². The van der Waals surface area contributed by atoms with E-state index in [0.29, 0.717) is 0 Å². The fourth-order valence-corrected chi connectivity index (χ4v) is 3.02. The monoisotopic (exact) mass is 252 g/mol. The predicted molar refractivity (Wildman–Crippen MR) is 71.0 cm³/mol. The van der Waals surface area contributed by atoms with Crippen LogP contribution < -0.4 is 4.90 Å². The molecule has 0 aromatic carbocycles. The topological polar surface area (TPSA) is 46.4 Å². The lowest BCUT2D eigenvalue weighted by atomic mass is 10.1. The average molecular weight is 252 g/mol. The first-order chi connectivity index (χ1) is 8.16. The summed E-state index contributed by atoms with van der Waals surface area (Å²) in [5, 5.41) is 11.8. The van der Waals surface area contributed by atoms with E-state index in [2.05, 4.69) is 11.0 Å². The number of nitro groups is 1. The quantitative estimate of drug-likeness (QED) is 0.612. The van der Waals surface area contributed by atoms with Gasteiger partial charge in [-0.25, -0.2) is 0 Å². The number of nitrogens with zero attached hydrogens (tertiary/aromatic N) is 2. The summed E-state index contributed by atoms with van der Waals surface area (Å²) in [6.45, 7) is 3.75. The molecule has 1 saturated heterocycles. The molecule has 0 spiro atoms. The maximum absolute atomic E-state index is 10.5. The maximum atomic E-state index is 10.5. The van der Waals surface area contributed by atoms with Gasteiger partial charge in [-0.05, 0) is 31.4 Å². The zero-order chi connectivity index (χ0) is 12.3. The van der Waals surface area contributed by atoms with Crippen LogP contribution in [0.3, 0.4) is 0 Å². The van der Waals surface area contributed by atoms with Crippen LogP contribution in [-0.4, -0.2) is 18.0 Å². The molecule has 0 unspecified atom stereocenters. The minimum Gasteiger partial charge on any atom is -0.363 e. The lowest BCUT2D eigenvalue weighted by molar-refractivity contribution is -0.422. The van der Waals surface area contributed by atoms with E-state index >= 15 is 0 Å². The minimum absolute atomic E-state index is 0.192. The molecular weight excluding hydrogens is 236 g/mol. The second-order valence-electron chi connectivity index (χ2n) is 4.27. The molecule has 0 N–H and O–H groups in total. The summed E-state index contributed by atoms with van der Waals surface area (Å²) in [4.78, 5) is 13.5. The molecule has 17 heavy (non-hydrogen) atoms. The summed E-state index contributed by atoms with van der Waals surface area (Å²) in [7, 11) is 0. The molecule has 0 aliphatic carbocycles. The summed E-state index contributed by atoms with van der Waals surface area (Å²) in [6.07, 6.45) is 5.45. The SMILES string of the molecule is CC(=Cc1ccc(N2CCCCC2)s1)[N+](=O)[O-]. The van der Waals surface area contributed by atoms with Gasteiger partial charge in [0.15, 0.2) is 0 Å². The third-order valence-corrected chi connectivity index (χ3v) is 4.01. The minimum atomic E-state index is -0.347. The van der Waals surface area contributed by atoms with Gasteiger partial charge in [-0.3, -0.25) is 10.1 Å². The van der Waals surface area contributed by atoms with Crippen molar-refractivity contribution >= 4 is 22.4 Å². The molecule has 5 heteroatoms. The molecule has 4 nitrogen and oxygen atoms in total. The molecule has 1 aromatic heterocycles. The van der Waals surface area contributed by atoms with Gasteiger partial charge in [0.2, 0.25) is 5.70 Å². The Kier molecular flexibility index (Phi) is 3.78. The molecule has 0 saturated carbocycles. The number of anilines is 1. The van der Waals surface area contributed by atoms with Crippen LogP contribution in [0.15, 0.2) is 17.8 Å². The molecule has 1 aliphatic rings. The highest BCUT2D eigenvalue weighted by atomic mass is 32.1. The van der Waals surface area contributed by atoms with Gasteiger partial charge in [-0.2, -0.15) is 0 Å². The molecule has 2 rings (SSSR count). The van der Waals surface area contributed by atoms with Crippen LogP contribution in [0.1, 0.15) is 31.1 Å². The van der Waals surface area contributed by atoms with Crippen LogP contribution >= 0.6 is 11.3 Å². The number of hydrogen-bond acceptors (Lipinski definition) is 4. The van der Waals surface area contributed by atoms with E-state index in [0.717, 1.165) is 18.0 Å². The Bertz CT molecular complexity index is 433. The van der Waals surface area contributed by atoms with E-state index in [1.165, 1.54) is 31.2 Å². The zero-order valence-corrected chi connectivity index (χ0v) is 10.7. The first-order valence-electron chi connectivity index (χ1n) is 5.84. The van der Waals surface area contributed by atoms with Gasteiger partial charge in [0.1, 0.15) is 0 Å². The average Bonchev–Trinajstić information content (AvgIpc) is 2.78. The third kappa shape index (κ3) is 3.06. The number of piperidine rings is 1. The second-order valence-corrected chi connectivity index (χ2v) is 5.36. The van der Waals surface area contributed by atoms with Crippen molar-refractivity contribution < 1.29 is 4.92 Å². The van der Waals surface area contributed by atoms with Crippen molar-refractivity contribution in [3.05, 3.63) is 32.8 Å². The highest BCUT2D eigenvalue weighted by molar-refractivity contribution is 7.16. The summed E-state index contributed by atoms with van der Waals surface area (Å²) in [5.41, 5.74) is 0.192. The van der Waals surface area contributed by atoms with Crippen molar-refractivity contribution in [1.82, 2.24) is 0 Å². The molecule has 0 radical (unpaired) electrons. The summed E-state index contributed by atoms with van der Waals surface area (Å²) >= 11 is 1.63. The van der Waals surface area contributed by atoms with E-state index < -0.39 is 0 Å². The highest BCUT2D eigenvalue weighted by Crippen LogP contribution is 2.29. The van der Waals surface area contributed by atoms with Crippen molar-refractivity contribution in [2.45, 2.75) is 26.2 Å². The van der Waals surface area contributed by atoms with Gasteiger partial charge in [-0.15, -0.1) is 11.3 Å². The molecule has 1 aromatic rings. The lowest BCUT2D eigenvalue weighted by Crippen LogP contribution is -2.28. The van der Waals surface area contributed by atoms with Crippen LogP contribution in [0.25, 0.3) is 6.08 Å². The molecule has 1 fully saturated rings. The second kappa shape index (κ2) is 5.31. The van der Waals surface area contributed by atoms with Gasteiger partial charge in [0.05, 0.1) is 9.92 Å². The number of hydrogen-bond donors (Lipinski definition) is 0. The van der Waals surface area contributed by atoms with Crippen LogP contribution in [-0.2, 0) is 0 Å². The largest absolute Gasteiger partial charge is 0.363 e. The molecular formula is C12H16N2O2S. The number of thiophene rings is 1. The lowest BCUT2D eigenvalue weighted by Gasteiger charge is -2.27. The maximum Gasteiger partial charge on any atom is 0.244 e. The fraction of sp³-hybridized carbons (Fsp3) is 0.500. The Morgan fingerprint density at radius 1 is 1.41 bits per heavy atom. The van der Waals surface area contributed by atoms with E-state index in [1.54, 1.807) is 17.4 Å². The summed E-state index contributed by atoms with van der Waals surface area (Å²) < 4.78 is 0. The highest BCUT2D eigenvalue weighted by Gasteiger charge is 2.13. The van der Waals surface area contributed by atoms with Crippen molar-refractivity contribution in [3.8, 4) is 0 Å². The molecule has 0 amide bonds. The van der Waals surface area contributed by atoms with Crippen LogP contribution in [0, 0.1) is 10.1 Å². The Morgan fingerprint density at radius 3 is 2.76 bits per heavy atom. The van der Waals surface area contributed by atoms with Crippen LogP contribution in [0.2, 0.25) is 0 Å². The van der Waals surface area contributed by atoms with Gasteiger partial charge in [0, 0.05) is 31.0 Å². The zero-order valence-electron chi connectivity index (χ0n) is 9.89. The first kappa shape index (κ1) is 12.1. The Hall–Kier alpha value is -1.36. The van der Waals surface area contributed by atoms with Gasteiger partial charge < -0.3 is 4.90 Å². The first-order valence-corrected chi connectivity index (χ1v) is 6.66. The molecule has 0 bridgehead atoms. The third-order valence-electron chi connectivity index (χ3n) is 2.92. The van der Waals surface area contributed by atoms with Crippen LogP contribution in [0.4, 0.5) is 5.00 Å². The summed E-state index contributed by atoms with van der Waals surface area (Å²) in [6, 6.07) is 4.02. The Labute approximate surface area is 105 Å². The van der Waals surface area contributed by atoms with Crippen molar-refractivity contribution in [3.63, 3.8) is 0 Å². The standard InChI is InChI=1S/C12H16N2O2S/c1-10(14(15)16)9-11-5-6-12(17-11)13-7-3-2-4-8-13/h5-6,9H,2-4,7-8H2,1H3. The molecule has 2 heterocycles. The van der Waals surface area contributed by atoms with Crippen LogP contribution in [0.5, 0.6) is 0 Å². The predicted octanol–water partition coefficient (Wildman–Crippen LogP) is 3.38. The van der Waals surface area contributed by atoms with Crippen molar-refractivity contribution in [2.75, 3.05) is 18.0 Å². The van der Waals surface area contributed by atoms with Gasteiger partial charge >= 0.3 is 0 Å². The normalized spacial score (nSPS) is 17.2. The van der Waals surface area contributed by atoms with Gasteiger partial charge in [-0.1, -0.05) is 0 Å². The molecule has 0 atom stereocenters. The molecule has 1 aliphatic heterocycles. The molecule has 92 valence electrons. The smallest absolute Gasteiger partial charge is 0.244 e. The number of allylic oxidation sites excluding steroid dienone is 1. The van der Waals surface area contributed by atoms with E-state index in [4.69, 9.17) is 0 Å². The summed E-state index contributed by atoms with van der Waals surface area (Å²) in [5.74, 6) is 0. The fourth-order valence-electron chi connectivity index (χ4n) is 1.96. The Balaban J connectivity index is 2.10.